The van der Waals surface area contributed by atoms with Crippen molar-refractivity contribution < 1.29 is 28.7 Å². The molecule has 9 heteroatoms. The Kier molecular flexibility index (Phi) is 6.91. The summed E-state index contributed by atoms with van der Waals surface area (Å²) in [6, 6.07) is 9.43. The first-order chi connectivity index (χ1) is 14.9. The molecule has 1 aliphatic rings. The fourth-order valence-corrected chi connectivity index (χ4v) is 3.45. The highest BCUT2D eigenvalue weighted by Gasteiger charge is 2.34. The molecular formula is C22H21ClN2O6. The molecule has 31 heavy (non-hydrogen) atoms. The summed E-state index contributed by atoms with van der Waals surface area (Å²) < 4.78 is 10.2. The van der Waals surface area contributed by atoms with E-state index in [9.17, 15) is 19.2 Å². The molecule has 0 unspecified atom stereocenters. The number of ether oxygens (including phenoxy) is 2. The first kappa shape index (κ1) is 22.3. The van der Waals surface area contributed by atoms with Crippen molar-refractivity contribution in [2.75, 3.05) is 25.6 Å². The van der Waals surface area contributed by atoms with Gasteiger partial charge in [-0.3, -0.25) is 19.3 Å². The Balaban J connectivity index is 1.60. The fourth-order valence-electron chi connectivity index (χ4n) is 3.24. The molecule has 1 heterocycles. The van der Waals surface area contributed by atoms with Crippen LogP contribution in [0.5, 0.6) is 5.75 Å². The van der Waals surface area contributed by atoms with Gasteiger partial charge < -0.3 is 14.8 Å². The van der Waals surface area contributed by atoms with Crippen molar-refractivity contribution in [3.8, 4) is 5.75 Å². The lowest BCUT2D eigenvalue weighted by atomic mass is 10.1. The maximum atomic E-state index is 12.4. The minimum atomic E-state index is -0.583. The van der Waals surface area contributed by atoms with Gasteiger partial charge in [-0.1, -0.05) is 23.7 Å². The largest absolute Gasteiger partial charge is 0.496 e. The fraction of sp³-hybridized carbons (Fsp3) is 0.273. The molecule has 2 aromatic carbocycles. The molecule has 1 N–H and O–H groups in total. The van der Waals surface area contributed by atoms with Crippen molar-refractivity contribution in [1.82, 2.24) is 4.90 Å². The van der Waals surface area contributed by atoms with Crippen LogP contribution in [-0.2, 0) is 9.53 Å². The van der Waals surface area contributed by atoms with Crippen LogP contribution in [-0.4, -0.2) is 48.9 Å². The molecule has 1 aliphatic heterocycles. The molecular weight excluding hydrogens is 424 g/mol. The van der Waals surface area contributed by atoms with Crippen molar-refractivity contribution in [1.29, 1.82) is 0 Å². The Morgan fingerprint density at radius 2 is 1.74 bits per heavy atom. The third-order valence-electron chi connectivity index (χ3n) is 4.72. The zero-order valence-corrected chi connectivity index (χ0v) is 17.8. The van der Waals surface area contributed by atoms with E-state index in [4.69, 9.17) is 21.1 Å². The van der Waals surface area contributed by atoms with Crippen LogP contribution in [0.2, 0.25) is 5.02 Å². The monoisotopic (exact) mass is 444 g/mol. The number of carbonyl (C=O) groups excluding carboxylic acids is 4. The van der Waals surface area contributed by atoms with Crippen LogP contribution in [0.4, 0.5) is 5.69 Å². The van der Waals surface area contributed by atoms with Crippen molar-refractivity contribution in [2.24, 2.45) is 0 Å². The SMILES string of the molecule is CCOC(=O)c1cc(Cl)c(NC(=O)CCCN2C(=O)c3ccccc3C2=O)cc1OC. The molecule has 0 spiro atoms. The number of methoxy groups -OCH3 is 1. The summed E-state index contributed by atoms with van der Waals surface area (Å²) in [7, 11) is 1.39. The van der Waals surface area contributed by atoms with Gasteiger partial charge in [-0.15, -0.1) is 0 Å². The summed E-state index contributed by atoms with van der Waals surface area (Å²) in [6.45, 7) is 2.01. The number of amides is 3. The molecule has 0 atom stereocenters. The van der Waals surface area contributed by atoms with Crippen LogP contribution in [0, 0.1) is 0 Å². The lowest BCUT2D eigenvalue weighted by molar-refractivity contribution is -0.116. The number of hydrogen-bond acceptors (Lipinski definition) is 6. The number of fused-ring (bicyclic) bond motifs is 1. The summed E-state index contributed by atoms with van der Waals surface area (Å²) in [5, 5.41) is 2.81. The standard InChI is InChI=1S/C22H21ClN2O6/c1-3-31-22(29)15-11-16(23)17(12-18(15)30-2)24-19(26)9-6-10-25-20(27)13-7-4-5-8-14(13)21(25)28/h4-5,7-8,11-12H,3,6,9-10H2,1-2H3,(H,24,26). The second-order valence-electron chi connectivity index (χ2n) is 6.71. The first-order valence-corrected chi connectivity index (χ1v) is 10.0. The topological polar surface area (TPSA) is 102 Å². The van der Waals surface area contributed by atoms with Gasteiger partial charge in [-0.25, -0.2) is 4.79 Å². The van der Waals surface area contributed by atoms with Gasteiger partial charge in [-0.05, 0) is 31.5 Å². The molecule has 162 valence electrons. The normalized spacial score (nSPS) is 12.5. The summed E-state index contributed by atoms with van der Waals surface area (Å²) in [6.07, 6.45) is 0.346. The van der Waals surface area contributed by atoms with Crippen molar-refractivity contribution in [3.05, 3.63) is 58.1 Å². The number of benzene rings is 2. The molecule has 0 aliphatic carbocycles. The average molecular weight is 445 g/mol. The summed E-state index contributed by atoms with van der Waals surface area (Å²) in [5.74, 6) is -1.44. The van der Waals surface area contributed by atoms with E-state index in [-0.39, 0.29) is 65.7 Å². The molecule has 0 radical (unpaired) electrons. The van der Waals surface area contributed by atoms with E-state index in [0.717, 1.165) is 4.90 Å². The minimum Gasteiger partial charge on any atom is -0.496 e. The number of anilines is 1. The summed E-state index contributed by atoms with van der Waals surface area (Å²) in [4.78, 5) is 50.2. The van der Waals surface area contributed by atoms with Gasteiger partial charge >= 0.3 is 5.97 Å². The minimum absolute atomic E-state index is 0.0612. The average Bonchev–Trinajstić information content (AvgIpc) is 3.00. The van der Waals surface area contributed by atoms with Crippen LogP contribution >= 0.6 is 11.6 Å². The van der Waals surface area contributed by atoms with Crippen LogP contribution in [0.15, 0.2) is 36.4 Å². The third-order valence-corrected chi connectivity index (χ3v) is 5.04. The number of imide groups is 1. The lowest BCUT2D eigenvalue weighted by Crippen LogP contribution is -2.31. The number of nitrogens with one attached hydrogen (secondary N) is 1. The lowest BCUT2D eigenvalue weighted by Gasteiger charge is -2.15. The highest BCUT2D eigenvalue weighted by Crippen LogP contribution is 2.31. The third kappa shape index (κ3) is 4.69. The van der Waals surface area contributed by atoms with Gasteiger partial charge in [0.15, 0.2) is 0 Å². The smallest absolute Gasteiger partial charge is 0.341 e. The molecule has 3 rings (SSSR count). The maximum absolute atomic E-state index is 12.4. The number of esters is 1. The van der Waals surface area contributed by atoms with E-state index >= 15 is 0 Å². The quantitative estimate of drug-likeness (QED) is 0.493. The second-order valence-corrected chi connectivity index (χ2v) is 7.12. The number of rotatable bonds is 8. The van der Waals surface area contributed by atoms with Crippen molar-refractivity contribution in [2.45, 2.75) is 19.8 Å². The van der Waals surface area contributed by atoms with Gasteiger partial charge in [0.2, 0.25) is 5.91 Å². The molecule has 3 amide bonds. The van der Waals surface area contributed by atoms with Crippen LogP contribution in [0.3, 0.4) is 0 Å². The number of hydrogen-bond donors (Lipinski definition) is 1. The van der Waals surface area contributed by atoms with Gasteiger partial charge in [0, 0.05) is 19.0 Å². The first-order valence-electron chi connectivity index (χ1n) is 9.67. The Hall–Kier alpha value is -3.39. The van der Waals surface area contributed by atoms with Gasteiger partial charge in [-0.2, -0.15) is 0 Å². The molecule has 0 bridgehead atoms. The summed E-state index contributed by atoms with van der Waals surface area (Å²) >= 11 is 6.20. The van der Waals surface area contributed by atoms with Crippen molar-refractivity contribution >= 4 is 41.0 Å². The highest BCUT2D eigenvalue weighted by molar-refractivity contribution is 6.34. The highest BCUT2D eigenvalue weighted by atomic mass is 35.5. The number of nitrogens with zero attached hydrogens (tertiary/aromatic N) is 1. The van der Waals surface area contributed by atoms with Crippen LogP contribution in [0.25, 0.3) is 0 Å². The van der Waals surface area contributed by atoms with Crippen LogP contribution < -0.4 is 10.1 Å². The van der Waals surface area contributed by atoms with Gasteiger partial charge in [0.05, 0.1) is 35.6 Å². The number of halogens is 1. The molecule has 0 aromatic heterocycles. The Morgan fingerprint density at radius 3 is 2.32 bits per heavy atom. The predicted molar refractivity (Wildman–Crippen MR) is 114 cm³/mol. The van der Waals surface area contributed by atoms with E-state index in [1.807, 2.05) is 0 Å². The maximum Gasteiger partial charge on any atom is 0.341 e. The zero-order valence-electron chi connectivity index (χ0n) is 17.1. The Bertz CT molecular complexity index is 1020. The summed E-state index contributed by atoms with van der Waals surface area (Å²) in [5.41, 5.74) is 1.17. The van der Waals surface area contributed by atoms with E-state index in [2.05, 4.69) is 5.32 Å². The molecule has 8 nitrogen and oxygen atoms in total. The van der Waals surface area contributed by atoms with Crippen molar-refractivity contribution in [3.63, 3.8) is 0 Å². The van der Waals surface area contributed by atoms with E-state index in [1.54, 1.807) is 31.2 Å². The van der Waals surface area contributed by atoms with Gasteiger partial charge in [0.1, 0.15) is 11.3 Å². The van der Waals surface area contributed by atoms with E-state index < -0.39 is 5.97 Å². The molecule has 0 fully saturated rings. The van der Waals surface area contributed by atoms with E-state index in [1.165, 1.54) is 19.2 Å². The predicted octanol–water partition coefficient (Wildman–Crippen LogP) is 3.54. The molecule has 0 saturated carbocycles. The van der Waals surface area contributed by atoms with E-state index in [0.29, 0.717) is 11.1 Å². The Morgan fingerprint density at radius 1 is 1.10 bits per heavy atom. The molecule has 2 aromatic rings. The van der Waals surface area contributed by atoms with Crippen LogP contribution in [0.1, 0.15) is 50.8 Å². The zero-order chi connectivity index (χ0) is 22.5. The van der Waals surface area contributed by atoms with Gasteiger partial charge in [0.25, 0.3) is 11.8 Å². The second kappa shape index (κ2) is 9.61. The molecule has 0 saturated heterocycles. The number of carbonyl (C=O) groups is 4. The Labute approximate surface area is 184 Å².